The Morgan fingerprint density at radius 1 is 0.553 bits per heavy atom. The Bertz CT molecular complexity index is 2390. The van der Waals surface area contributed by atoms with Crippen LogP contribution in [0, 0.1) is 0 Å². The van der Waals surface area contributed by atoms with Crippen molar-refractivity contribution in [3.05, 3.63) is 198 Å². The second kappa shape index (κ2) is 9.72. The standard InChI is InChI=1S/C44H29NO2/c1-3-11-30(12-4-1)31-19-21-35(22-20-31)45(34-14-5-2-6-15-34)40-29-43-25-23-32-13-7-9-17-37(32)44(43,38-18-10-8-16-36(38)40)39-27-33-24-26-46-41(33)28-42(39)47-43/h1-29H. The Kier molecular flexibility index (Phi) is 5.41. The van der Waals surface area contributed by atoms with Crippen LogP contribution in [0.3, 0.4) is 0 Å². The van der Waals surface area contributed by atoms with Gasteiger partial charge in [-0.3, -0.25) is 0 Å². The predicted molar refractivity (Wildman–Crippen MR) is 190 cm³/mol. The van der Waals surface area contributed by atoms with Crippen LogP contribution in [0.15, 0.2) is 174 Å². The van der Waals surface area contributed by atoms with Gasteiger partial charge in [-0.1, -0.05) is 115 Å². The molecule has 47 heavy (non-hydrogen) atoms. The molecule has 0 saturated heterocycles. The van der Waals surface area contributed by atoms with Crippen LogP contribution in [-0.4, -0.2) is 5.60 Å². The van der Waals surface area contributed by atoms with E-state index in [1.807, 2.05) is 6.07 Å². The van der Waals surface area contributed by atoms with Crippen molar-refractivity contribution in [1.29, 1.82) is 0 Å². The summed E-state index contributed by atoms with van der Waals surface area (Å²) in [5.41, 5.74) is 11.0. The quantitative estimate of drug-likeness (QED) is 0.200. The monoisotopic (exact) mass is 603 g/mol. The fourth-order valence-corrected chi connectivity index (χ4v) is 8.17. The Morgan fingerprint density at radius 3 is 2.06 bits per heavy atom. The van der Waals surface area contributed by atoms with Gasteiger partial charge in [0.2, 0.25) is 0 Å². The summed E-state index contributed by atoms with van der Waals surface area (Å²) in [6.45, 7) is 0. The van der Waals surface area contributed by atoms with Crippen LogP contribution in [0.2, 0.25) is 0 Å². The van der Waals surface area contributed by atoms with Crippen LogP contribution in [0.25, 0.3) is 33.9 Å². The molecule has 3 aliphatic rings. The first-order valence-corrected chi connectivity index (χ1v) is 16.1. The normalized spacial score (nSPS) is 19.9. The second-order valence-corrected chi connectivity index (χ2v) is 12.5. The average Bonchev–Trinajstić information content (AvgIpc) is 3.72. The minimum atomic E-state index is -0.816. The number of anilines is 2. The zero-order valence-corrected chi connectivity index (χ0v) is 25.5. The molecule has 0 spiro atoms. The zero-order chi connectivity index (χ0) is 31.0. The lowest BCUT2D eigenvalue weighted by atomic mass is 9.54. The number of rotatable bonds is 4. The smallest absolute Gasteiger partial charge is 0.166 e. The summed E-state index contributed by atoms with van der Waals surface area (Å²) in [6.07, 6.45) is 8.62. The van der Waals surface area contributed by atoms with Gasteiger partial charge in [0.1, 0.15) is 11.3 Å². The largest absolute Gasteiger partial charge is 0.477 e. The summed E-state index contributed by atoms with van der Waals surface area (Å²) in [7, 11) is 0. The number of ether oxygens (including phenoxy) is 1. The van der Waals surface area contributed by atoms with Gasteiger partial charge in [-0.25, -0.2) is 0 Å². The molecule has 2 atom stereocenters. The summed E-state index contributed by atoms with van der Waals surface area (Å²) in [4.78, 5) is 2.37. The SMILES string of the molecule is C1=CC23C=C(N(c4ccccc4)c4ccc(-c5ccccc5)cc4)c4ccccc4C2(c2ccccc21)c1cc2ccoc2cc1O3. The van der Waals surface area contributed by atoms with Crippen LogP contribution in [0.4, 0.5) is 11.4 Å². The van der Waals surface area contributed by atoms with E-state index in [9.17, 15) is 0 Å². The van der Waals surface area contributed by atoms with E-state index in [2.05, 4.69) is 169 Å². The molecule has 0 fully saturated rings. The molecule has 0 radical (unpaired) electrons. The lowest BCUT2D eigenvalue weighted by molar-refractivity contribution is 0.151. The van der Waals surface area contributed by atoms with Crippen LogP contribution in [0.1, 0.15) is 27.8 Å². The zero-order valence-electron chi connectivity index (χ0n) is 25.5. The van der Waals surface area contributed by atoms with Crippen LogP contribution in [0.5, 0.6) is 5.75 Å². The summed E-state index contributed by atoms with van der Waals surface area (Å²) >= 11 is 0. The third-order valence-electron chi connectivity index (χ3n) is 10.1. The van der Waals surface area contributed by atoms with E-state index in [0.717, 1.165) is 39.4 Å². The first kappa shape index (κ1) is 26.2. The van der Waals surface area contributed by atoms with Crippen molar-refractivity contribution in [3.8, 4) is 16.9 Å². The number of benzene rings is 6. The number of hydrogen-bond donors (Lipinski definition) is 0. The van der Waals surface area contributed by atoms with Gasteiger partial charge in [-0.15, -0.1) is 0 Å². The Hall–Kier alpha value is -6.06. The van der Waals surface area contributed by atoms with Crippen LogP contribution >= 0.6 is 0 Å². The summed E-state index contributed by atoms with van der Waals surface area (Å²) < 4.78 is 13.1. The molecule has 3 nitrogen and oxygen atoms in total. The maximum atomic E-state index is 7.26. The van der Waals surface area contributed by atoms with E-state index in [1.54, 1.807) is 6.26 Å². The number of fused-ring (bicyclic) bond motifs is 4. The van der Waals surface area contributed by atoms with Crippen molar-refractivity contribution in [3.63, 3.8) is 0 Å². The van der Waals surface area contributed by atoms with Crippen molar-refractivity contribution < 1.29 is 9.15 Å². The van der Waals surface area contributed by atoms with Crippen molar-refractivity contribution in [2.45, 2.75) is 11.0 Å². The topological polar surface area (TPSA) is 25.6 Å². The van der Waals surface area contributed by atoms with Gasteiger partial charge < -0.3 is 14.1 Å². The predicted octanol–water partition coefficient (Wildman–Crippen LogP) is 10.8. The Balaban J connectivity index is 1.26. The molecule has 0 amide bonds. The van der Waals surface area contributed by atoms with E-state index in [0.29, 0.717) is 0 Å². The summed E-state index contributed by atoms with van der Waals surface area (Å²) in [6, 6.07) is 54.1. The maximum Gasteiger partial charge on any atom is 0.166 e. The van der Waals surface area contributed by atoms with E-state index in [4.69, 9.17) is 9.15 Å². The third-order valence-corrected chi connectivity index (χ3v) is 10.1. The molecule has 6 aromatic carbocycles. The van der Waals surface area contributed by atoms with Gasteiger partial charge in [0, 0.05) is 34.0 Å². The van der Waals surface area contributed by atoms with Gasteiger partial charge in [0.15, 0.2) is 5.60 Å². The van der Waals surface area contributed by atoms with Gasteiger partial charge in [-0.2, -0.15) is 0 Å². The summed E-state index contributed by atoms with van der Waals surface area (Å²) in [5, 5.41) is 1.07. The molecule has 1 aromatic heterocycles. The highest BCUT2D eigenvalue weighted by molar-refractivity contribution is 5.96. The maximum absolute atomic E-state index is 7.26. The highest BCUT2D eigenvalue weighted by Gasteiger charge is 2.64. The second-order valence-electron chi connectivity index (χ2n) is 12.5. The molecular formula is C44H29NO2. The highest BCUT2D eigenvalue weighted by Crippen LogP contribution is 2.65. The molecule has 222 valence electrons. The lowest BCUT2D eigenvalue weighted by Crippen LogP contribution is -2.54. The highest BCUT2D eigenvalue weighted by atomic mass is 16.5. The molecule has 1 aliphatic heterocycles. The van der Waals surface area contributed by atoms with Gasteiger partial charge in [0.05, 0.1) is 17.4 Å². The van der Waals surface area contributed by atoms with E-state index >= 15 is 0 Å². The summed E-state index contributed by atoms with van der Waals surface area (Å²) in [5.74, 6) is 0.847. The first-order chi connectivity index (χ1) is 23.2. The number of furan rings is 1. The van der Waals surface area contributed by atoms with Crippen LogP contribution < -0.4 is 9.64 Å². The van der Waals surface area contributed by atoms with E-state index in [-0.39, 0.29) is 0 Å². The molecule has 0 saturated carbocycles. The van der Waals surface area contributed by atoms with Crippen molar-refractivity contribution in [2.75, 3.05) is 4.90 Å². The Labute approximate surface area is 273 Å². The molecular weight excluding hydrogens is 574 g/mol. The molecule has 0 bridgehead atoms. The first-order valence-electron chi connectivity index (χ1n) is 16.1. The van der Waals surface area contributed by atoms with Gasteiger partial charge in [0.25, 0.3) is 0 Å². The Morgan fingerprint density at radius 2 is 1.23 bits per heavy atom. The fourth-order valence-electron chi connectivity index (χ4n) is 8.17. The van der Waals surface area contributed by atoms with Gasteiger partial charge in [-0.05, 0) is 76.4 Å². The van der Waals surface area contributed by atoms with E-state index in [1.165, 1.54) is 33.4 Å². The lowest BCUT2D eigenvalue weighted by Gasteiger charge is -2.50. The van der Waals surface area contributed by atoms with E-state index < -0.39 is 11.0 Å². The fraction of sp³-hybridized carbons (Fsp3) is 0.0455. The van der Waals surface area contributed by atoms with Crippen LogP contribution in [-0.2, 0) is 5.41 Å². The average molecular weight is 604 g/mol. The minimum absolute atomic E-state index is 0.598. The van der Waals surface area contributed by atoms with Crippen molar-refractivity contribution >= 4 is 34.1 Å². The molecule has 2 unspecified atom stereocenters. The third kappa shape index (κ3) is 3.57. The molecule has 0 N–H and O–H groups in total. The molecule has 2 aliphatic carbocycles. The number of nitrogens with zero attached hydrogens (tertiary/aromatic N) is 1. The van der Waals surface area contributed by atoms with Gasteiger partial charge >= 0.3 is 0 Å². The number of hydrogen-bond acceptors (Lipinski definition) is 3. The molecule has 7 aromatic rings. The minimum Gasteiger partial charge on any atom is -0.477 e. The van der Waals surface area contributed by atoms with Crippen molar-refractivity contribution in [2.24, 2.45) is 0 Å². The molecule has 2 heterocycles. The number of para-hydroxylation sites is 1. The van der Waals surface area contributed by atoms with Crippen molar-refractivity contribution in [1.82, 2.24) is 0 Å². The molecule has 10 rings (SSSR count). The molecule has 3 heteroatoms.